The van der Waals surface area contributed by atoms with Crippen molar-refractivity contribution >= 4 is 11.8 Å². The molecule has 106 valence electrons. The van der Waals surface area contributed by atoms with Crippen molar-refractivity contribution in [1.82, 2.24) is 4.90 Å². The van der Waals surface area contributed by atoms with E-state index in [0.717, 1.165) is 12.6 Å². The van der Waals surface area contributed by atoms with Crippen molar-refractivity contribution in [2.24, 2.45) is 11.1 Å². The largest absolute Gasteiger partial charge is 0.329 e. The zero-order valence-electron chi connectivity index (χ0n) is 12.4. The number of piperidine rings is 1. The SMILES string of the molecule is CCC1CCCCN1C1(CN)CSCC(C)(C)C1. The Hall–Kier alpha value is 0.270. The Balaban J connectivity index is 2.19. The summed E-state index contributed by atoms with van der Waals surface area (Å²) in [6.45, 7) is 9.27. The van der Waals surface area contributed by atoms with Gasteiger partial charge in [-0.1, -0.05) is 27.2 Å². The van der Waals surface area contributed by atoms with Gasteiger partial charge in [-0.3, -0.25) is 4.90 Å². The summed E-state index contributed by atoms with van der Waals surface area (Å²) in [5.74, 6) is 2.53. The van der Waals surface area contributed by atoms with Crippen molar-refractivity contribution in [1.29, 1.82) is 0 Å². The second-order valence-electron chi connectivity index (χ2n) is 7.01. The molecule has 0 amide bonds. The van der Waals surface area contributed by atoms with Crippen LogP contribution in [-0.2, 0) is 0 Å². The van der Waals surface area contributed by atoms with Gasteiger partial charge < -0.3 is 5.73 Å². The van der Waals surface area contributed by atoms with Crippen LogP contribution >= 0.6 is 11.8 Å². The van der Waals surface area contributed by atoms with Crippen LogP contribution in [0, 0.1) is 5.41 Å². The number of hydrogen-bond acceptors (Lipinski definition) is 3. The van der Waals surface area contributed by atoms with Gasteiger partial charge in [-0.15, -0.1) is 0 Å². The Morgan fingerprint density at radius 2 is 2.06 bits per heavy atom. The molecule has 0 radical (unpaired) electrons. The van der Waals surface area contributed by atoms with E-state index in [0.29, 0.717) is 5.41 Å². The van der Waals surface area contributed by atoms with Crippen LogP contribution in [0.5, 0.6) is 0 Å². The quantitative estimate of drug-likeness (QED) is 0.854. The van der Waals surface area contributed by atoms with Gasteiger partial charge in [0.15, 0.2) is 0 Å². The molecule has 2 aliphatic rings. The number of thioether (sulfide) groups is 1. The zero-order valence-corrected chi connectivity index (χ0v) is 13.2. The van der Waals surface area contributed by atoms with Crippen molar-refractivity contribution in [2.45, 2.75) is 64.5 Å². The summed E-state index contributed by atoms with van der Waals surface area (Å²) in [5.41, 5.74) is 6.97. The summed E-state index contributed by atoms with van der Waals surface area (Å²) in [6.07, 6.45) is 6.71. The van der Waals surface area contributed by atoms with Crippen LogP contribution in [0.3, 0.4) is 0 Å². The smallest absolute Gasteiger partial charge is 0.0430 e. The van der Waals surface area contributed by atoms with Crippen LogP contribution in [0.25, 0.3) is 0 Å². The molecular weight excluding hydrogens is 240 g/mol. The Labute approximate surface area is 117 Å². The van der Waals surface area contributed by atoms with Crippen molar-refractivity contribution in [3.8, 4) is 0 Å². The first kappa shape index (κ1) is 14.7. The first-order chi connectivity index (χ1) is 8.53. The topological polar surface area (TPSA) is 29.3 Å². The lowest BCUT2D eigenvalue weighted by molar-refractivity contribution is 0.00680. The minimum atomic E-state index is 0.271. The lowest BCUT2D eigenvalue weighted by Crippen LogP contribution is -2.63. The number of hydrogen-bond donors (Lipinski definition) is 1. The molecule has 2 rings (SSSR count). The highest BCUT2D eigenvalue weighted by Gasteiger charge is 2.46. The average molecular weight is 270 g/mol. The zero-order chi connectivity index (χ0) is 13.2. The molecule has 2 aliphatic heterocycles. The number of rotatable bonds is 3. The lowest BCUT2D eigenvalue weighted by atomic mass is 9.77. The minimum Gasteiger partial charge on any atom is -0.329 e. The molecule has 2 N–H and O–H groups in total. The lowest BCUT2D eigenvalue weighted by Gasteiger charge is -2.54. The van der Waals surface area contributed by atoms with E-state index in [9.17, 15) is 0 Å². The summed E-state index contributed by atoms with van der Waals surface area (Å²) >= 11 is 2.12. The fourth-order valence-electron chi connectivity index (χ4n) is 3.99. The predicted molar refractivity (Wildman–Crippen MR) is 82.1 cm³/mol. The van der Waals surface area contributed by atoms with Crippen molar-refractivity contribution < 1.29 is 0 Å². The maximum Gasteiger partial charge on any atom is 0.0430 e. The molecule has 2 saturated heterocycles. The molecule has 2 nitrogen and oxygen atoms in total. The van der Waals surface area contributed by atoms with Gasteiger partial charge in [0, 0.05) is 23.9 Å². The van der Waals surface area contributed by atoms with E-state index in [1.54, 1.807) is 0 Å². The Morgan fingerprint density at radius 1 is 1.28 bits per heavy atom. The highest BCUT2D eigenvalue weighted by molar-refractivity contribution is 7.99. The van der Waals surface area contributed by atoms with E-state index in [-0.39, 0.29) is 5.54 Å². The molecule has 0 bridgehead atoms. The van der Waals surface area contributed by atoms with Gasteiger partial charge in [-0.2, -0.15) is 11.8 Å². The predicted octanol–water partition coefficient (Wildman–Crippen LogP) is 3.11. The van der Waals surface area contributed by atoms with E-state index < -0.39 is 0 Å². The van der Waals surface area contributed by atoms with E-state index in [2.05, 4.69) is 37.4 Å². The van der Waals surface area contributed by atoms with Crippen LogP contribution in [-0.4, -0.2) is 41.1 Å². The van der Waals surface area contributed by atoms with Crippen LogP contribution in [0.1, 0.15) is 52.9 Å². The van der Waals surface area contributed by atoms with E-state index in [1.165, 1.54) is 50.2 Å². The Morgan fingerprint density at radius 3 is 2.67 bits per heavy atom. The number of nitrogens with zero attached hydrogens (tertiary/aromatic N) is 1. The molecule has 2 unspecified atom stereocenters. The molecule has 2 atom stereocenters. The Kier molecular flexibility index (Phi) is 4.66. The molecule has 0 aliphatic carbocycles. The first-order valence-electron chi connectivity index (χ1n) is 7.58. The molecular formula is C15H30N2S. The molecule has 0 aromatic carbocycles. The molecule has 0 aromatic heterocycles. The van der Waals surface area contributed by atoms with Gasteiger partial charge >= 0.3 is 0 Å². The first-order valence-corrected chi connectivity index (χ1v) is 8.73. The highest BCUT2D eigenvalue weighted by Crippen LogP contribution is 2.44. The van der Waals surface area contributed by atoms with E-state index in [4.69, 9.17) is 5.73 Å². The van der Waals surface area contributed by atoms with Gasteiger partial charge in [-0.05, 0) is 43.4 Å². The van der Waals surface area contributed by atoms with Gasteiger partial charge in [0.1, 0.15) is 0 Å². The molecule has 18 heavy (non-hydrogen) atoms. The molecule has 0 spiro atoms. The monoisotopic (exact) mass is 270 g/mol. The second kappa shape index (κ2) is 5.72. The molecule has 0 saturated carbocycles. The fourth-order valence-corrected chi connectivity index (χ4v) is 5.51. The van der Waals surface area contributed by atoms with Crippen LogP contribution in [0.4, 0.5) is 0 Å². The van der Waals surface area contributed by atoms with Crippen molar-refractivity contribution in [2.75, 3.05) is 24.6 Å². The Bertz CT molecular complexity index is 280. The third-order valence-corrected chi connectivity index (χ3v) is 6.49. The average Bonchev–Trinajstić information content (AvgIpc) is 2.37. The van der Waals surface area contributed by atoms with Crippen molar-refractivity contribution in [3.63, 3.8) is 0 Å². The van der Waals surface area contributed by atoms with Crippen LogP contribution < -0.4 is 5.73 Å². The van der Waals surface area contributed by atoms with Crippen molar-refractivity contribution in [3.05, 3.63) is 0 Å². The number of likely N-dealkylation sites (tertiary alicyclic amines) is 1. The standard InChI is InChI=1S/C15H30N2S/c1-4-13-7-5-6-8-17(13)15(10-16)9-14(2,3)11-18-12-15/h13H,4-12,16H2,1-3H3. The van der Waals surface area contributed by atoms with Gasteiger partial charge in [0.2, 0.25) is 0 Å². The summed E-state index contributed by atoms with van der Waals surface area (Å²) in [6, 6.07) is 0.775. The van der Waals surface area contributed by atoms with Gasteiger partial charge in [-0.25, -0.2) is 0 Å². The number of nitrogens with two attached hydrogens (primary N) is 1. The molecule has 0 aromatic rings. The maximum absolute atomic E-state index is 6.25. The van der Waals surface area contributed by atoms with E-state index >= 15 is 0 Å². The maximum atomic E-state index is 6.25. The fraction of sp³-hybridized carbons (Fsp3) is 1.00. The molecule has 3 heteroatoms. The highest BCUT2D eigenvalue weighted by atomic mass is 32.2. The normalized spacial score (nSPS) is 37.7. The van der Waals surface area contributed by atoms with E-state index in [1.807, 2.05) is 0 Å². The third-order valence-electron chi connectivity index (χ3n) is 4.76. The van der Waals surface area contributed by atoms with Crippen LogP contribution in [0.15, 0.2) is 0 Å². The second-order valence-corrected chi connectivity index (χ2v) is 8.00. The third kappa shape index (κ3) is 2.88. The molecule has 2 fully saturated rings. The summed E-state index contributed by atoms with van der Waals surface area (Å²) in [7, 11) is 0. The minimum absolute atomic E-state index is 0.271. The summed E-state index contributed by atoms with van der Waals surface area (Å²) < 4.78 is 0. The van der Waals surface area contributed by atoms with Gasteiger partial charge in [0.25, 0.3) is 0 Å². The summed E-state index contributed by atoms with van der Waals surface area (Å²) in [4.78, 5) is 2.80. The molecule has 2 heterocycles. The van der Waals surface area contributed by atoms with Crippen LogP contribution in [0.2, 0.25) is 0 Å². The van der Waals surface area contributed by atoms with Gasteiger partial charge in [0.05, 0.1) is 0 Å². The summed E-state index contributed by atoms with van der Waals surface area (Å²) in [5, 5.41) is 0.